The van der Waals surface area contributed by atoms with Crippen LogP contribution < -0.4 is 10.6 Å². The Kier molecular flexibility index (Phi) is 6.67. The summed E-state index contributed by atoms with van der Waals surface area (Å²) in [7, 11) is 0. The van der Waals surface area contributed by atoms with Gasteiger partial charge in [0.05, 0.1) is 6.54 Å². The highest BCUT2D eigenvalue weighted by atomic mass is 127. The van der Waals surface area contributed by atoms with Gasteiger partial charge < -0.3 is 15.5 Å². The van der Waals surface area contributed by atoms with E-state index in [0.29, 0.717) is 6.04 Å². The molecule has 22 heavy (non-hydrogen) atoms. The number of fused-ring (bicyclic) bond motifs is 1. The number of nitrogens with two attached hydrogens (primary N) is 1. The summed E-state index contributed by atoms with van der Waals surface area (Å²) in [4.78, 5) is 9.30. The van der Waals surface area contributed by atoms with Crippen LogP contribution in [0.4, 0.5) is 5.69 Å². The second kappa shape index (κ2) is 8.29. The molecule has 0 radical (unpaired) electrons. The molecule has 122 valence electrons. The topological polar surface area (TPSA) is 44.9 Å². The van der Waals surface area contributed by atoms with Gasteiger partial charge in [-0.25, -0.2) is 0 Å². The summed E-state index contributed by atoms with van der Waals surface area (Å²) in [6.07, 6.45) is 1.14. The molecule has 2 N–H and O–H groups in total. The highest BCUT2D eigenvalue weighted by Crippen LogP contribution is 2.29. The molecule has 2 heterocycles. The summed E-state index contributed by atoms with van der Waals surface area (Å²) in [6.45, 7) is 6.16. The van der Waals surface area contributed by atoms with E-state index >= 15 is 0 Å². The van der Waals surface area contributed by atoms with Crippen LogP contribution in [-0.2, 0) is 6.42 Å². The Morgan fingerprint density at radius 1 is 1.27 bits per heavy atom. The highest BCUT2D eigenvalue weighted by Gasteiger charge is 2.22. The number of hydrogen-bond acceptors (Lipinski definition) is 3. The number of rotatable bonds is 3. The van der Waals surface area contributed by atoms with E-state index < -0.39 is 0 Å². The third-order valence-electron chi connectivity index (χ3n) is 4.31. The molecule has 1 aromatic rings. The van der Waals surface area contributed by atoms with Crippen molar-refractivity contribution in [2.45, 2.75) is 19.4 Å². The number of hydrogen-bond donors (Lipinski definition) is 1. The van der Waals surface area contributed by atoms with Crippen molar-refractivity contribution in [1.82, 2.24) is 4.90 Å². The SMILES string of the molecule is CC(CN=C(N)N1CCSCC1)N1CCc2ccccc21.I. The molecule has 1 aromatic carbocycles. The zero-order valence-corrected chi connectivity index (χ0v) is 16.2. The smallest absolute Gasteiger partial charge is 0.191 e. The first-order valence-corrected chi connectivity index (χ1v) is 8.88. The molecule has 2 aliphatic rings. The lowest BCUT2D eigenvalue weighted by molar-refractivity contribution is 0.454. The van der Waals surface area contributed by atoms with E-state index in [1.807, 2.05) is 11.8 Å². The second-order valence-electron chi connectivity index (χ2n) is 5.72. The molecule has 0 bridgehead atoms. The van der Waals surface area contributed by atoms with Gasteiger partial charge in [0.15, 0.2) is 5.96 Å². The van der Waals surface area contributed by atoms with Gasteiger partial charge in [0.1, 0.15) is 0 Å². The van der Waals surface area contributed by atoms with Crippen molar-refractivity contribution in [2.24, 2.45) is 10.7 Å². The summed E-state index contributed by atoms with van der Waals surface area (Å²) in [5, 5.41) is 0. The maximum atomic E-state index is 6.14. The van der Waals surface area contributed by atoms with Crippen molar-refractivity contribution in [1.29, 1.82) is 0 Å². The van der Waals surface area contributed by atoms with Crippen LogP contribution in [0.5, 0.6) is 0 Å². The lowest BCUT2D eigenvalue weighted by atomic mass is 10.2. The Balaban J connectivity index is 0.00000176. The molecule has 3 rings (SSSR count). The van der Waals surface area contributed by atoms with Gasteiger partial charge in [-0.3, -0.25) is 4.99 Å². The maximum Gasteiger partial charge on any atom is 0.191 e. The van der Waals surface area contributed by atoms with Crippen LogP contribution in [0.25, 0.3) is 0 Å². The highest BCUT2D eigenvalue weighted by molar-refractivity contribution is 14.0. The van der Waals surface area contributed by atoms with Crippen LogP contribution in [0.15, 0.2) is 29.3 Å². The summed E-state index contributed by atoms with van der Waals surface area (Å²) in [5.74, 6) is 3.03. The second-order valence-corrected chi connectivity index (χ2v) is 6.94. The van der Waals surface area contributed by atoms with Crippen LogP contribution in [-0.4, -0.2) is 54.6 Å². The average molecular weight is 432 g/mol. The van der Waals surface area contributed by atoms with Gasteiger partial charge in [-0.15, -0.1) is 24.0 Å². The van der Waals surface area contributed by atoms with Crippen LogP contribution >= 0.6 is 35.7 Å². The van der Waals surface area contributed by atoms with E-state index in [1.165, 1.54) is 11.3 Å². The summed E-state index contributed by atoms with van der Waals surface area (Å²) in [6, 6.07) is 9.08. The van der Waals surface area contributed by atoms with E-state index in [-0.39, 0.29) is 24.0 Å². The summed E-state index contributed by atoms with van der Waals surface area (Å²) in [5.41, 5.74) is 8.96. The zero-order chi connectivity index (χ0) is 14.7. The Labute approximate surface area is 154 Å². The van der Waals surface area contributed by atoms with Gasteiger partial charge in [-0.2, -0.15) is 11.8 Å². The number of aliphatic imine (C=N–C) groups is 1. The van der Waals surface area contributed by atoms with Crippen LogP contribution in [0, 0.1) is 0 Å². The number of anilines is 1. The molecule has 1 saturated heterocycles. The molecule has 1 unspecified atom stereocenters. The lowest BCUT2D eigenvalue weighted by Crippen LogP contribution is -2.43. The molecule has 1 atom stereocenters. The molecule has 1 fully saturated rings. The van der Waals surface area contributed by atoms with Crippen molar-refractivity contribution in [3.8, 4) is 0 Å². The standard InChI is InChI=1S/C16H24N4S.HI/c1-13(12-18-16(17)19-8-10-21-11-9-19)20-7-6-14-4-2-3-5-15(14)20;/h2-5,13H,6-12H2,1H3,(H2,17,18);1H. The van der Waals surface area contributed by atoms with Crippen molar-refractivity contribution in [2.75, 3.05) is 42.6 Å². The van der Waals surface area contributed by atoms with Gasteiger partial charge in [0.2, 0.25) is 0 Å². The molecule has 0 spiro atoms. The number of nitrogens with zero attached hydrogens (tertiary/aromatic N) is 3. The third-order valence-corrected chi connectivity index (χ3v) is 5.25. The van der Waals surface area contributed by atoms with Gasteiger partial charge in [-0.05, 0) is 25.0 Å². The van der Waals surface area contributed by atoms with Crippen molar-refractivity contribution < 1.29 is 0 Å². The van der Waals surface area contributed by atoms with Crippen molar-refractivity contribution >= 4 is 47.4 Å². The monoisotopic (exact) mass is 432 g/mol. The maximum absolute atomic E-state index is 6.14. The van der Waals surface area contributed by atoms with E-state index in [1.54, 1.807) is 0 Å². The van der Waals surface area contributed by atoms with E-state index in [4.69, 9.17) is 5.73 Å². The van der Waals surface area contributed by atoms with Gasteiger partial charge in [0.25, 0.3) is 0 Å². The number of benzene rings is 1. The molecule has 4 nitrogen and oxygen atoms in total. The van der Waals surface area contributed by atoms with Crippen molar-refractivity contribution in [3.05, 3.63) is 29.8 Å². The Bertz CT molecular complexity index is 517. The van der Waals surface area contributed by atoms with Gasteiger partial charge in [-0.1, -0.05) is 18.2 Å². The minimum atomic E-state index is 0. The molecule has 6 heteroatoms. The summed E-state index contributed by atoms with van der Waals surface area (Å²) >= 11 is 1.99. The first-order chi connectivity index (χ1) is 10.3. The van der Waals surface area contributed by atoms with Crippen LogP contribution in [0.1, 0.15) is 12.5 Å². The van der Waals surface area contributed by atoms with Gasteiger partial charge in [0, 0.05) is 42.9 Å². The fourth-order valence-electron chi connectivity index (χ4n) is 3.04. The van der Waals surface area contributed by atoms with E-state index in [2.05, 4.69) is 46.0 Å². The zero-order valence-electron chi connectivity index (χ0n) is 13.1. The molecule has 0 saturated carbocycles. The largest absolute Gasteiger partial charge is 0.370 e. The Hall–Kier alpha value is -0.630. The molecular weight excluding hydrogens is 407 g/mol. The van der Waals surface area contributed by atoms with Crippen LogP contribution in [0.2, 0.25) is 0 Å². The minimum Gasteiger partial charge on any atom is -0.370 e. The number of halogens is 1. The normalized spacial score (nSPS) is 19.6. The van der Waals surface area contributed by atoms with Crippen LogP contribution in [0.3, 0.4) is 0 Å². The first kappa shape index (κ1) is 17.7. The lowest BCUT2D eigenvalue weighted by Gasteiger charge is -2.29. The minimum absolute atomic E-state index is 0. The number of para-hydroxylation sites is 1. The molecule has 2 aliphatic heterocycles. The van der Waals surface area contributed by atoms with Gasteiger partial charge >= 0.3 is 0 Å². The Morgan fingerprint density at radius 2 is 2.00 bits per heavy atom. The molecule has 0 amide bonds. The fraction of sp³-hybridized carbons (Fsp3) is 0.562. The fourth-order valence-corrected chi connectivity index (χ4v) is 3.94. The van der Waals surface area contributed by atoms with E-state index in [9.17, 15) is 0 Å². The average Bonchev–Trinajstić information content (AvgIpc) is 2.97. The quantitative estimate of drug-likeness (QED) is 0.453. The number of thioether (sulfide) groups is 1. The van der Waals surface area contributed by atoms with Crippen molar-refractivity contribution in [3.63, 3.8) is 0 Å². The first-order valence-electron chi connectivity index (χ1n) is 7.73. The predicted molar refractivity (Wildman–Crippen MR) is 108 cm³/mol. The summed E-state index contributed by atoms with van der Waals surface area (Å²) < 4.78 is 0. The van der Waals surface area contributed by atoms with E-state index in [0.717, 1.165) is 50.1 Å². The molecule has 0 aliphatic carbocycles. The predicted octanol–water partition coefficient (Wildman–Crippen LogP) is 2.42. The molecular formula is C16H25IN4S. The number of guanidine groups is 1. The third kappa shape index (κ3) is 4.01. The molecule has 0 aromatic heterocycles. The Morgan fingerprint density at radius 3 is 2.77 bits per heavy atom.